The molecule has 5 heteroatoms. The highest BCUT2D eigenvalue weighted by molar-refractivity contribution is 7.98. The third kappa shape index (κ3) is 5.55. The van der Waals surface area contributed by atoms with Crippen LogP contribution in [0.15, 0.2) is 59.5 Å². The molecular weight excluding hydrogens is 340 g/mol. The van der Waals surface area contributed by atoms with Gasteiger partial charge in [0, 0.05) is 22.3 Å². The van der Waals surface area contributed by atoms with Gasteiger partial charge in [0.2, 0.25) is 0 Å². The van der Waals surface area contributed by atoms with E-state index in [2.05, 4.69) is 34.9 Å². The first-order chi connectivity index (χ1) is 11.3. The van der Waals surface area contributed by atoms with E-state index >= 15 is 0 Å². The van der Waals surface area contributed by atoms with Gasteiger partial charge in [0.25, 0.3) is 5.91 Å². The molecule has 1 heterocycles. The highest BCUT2D eigenvalue weighted by Gasteiger charge is 2.16. The first kappa shape index (κ1) is 18.8. The Bertz CT molecular complexity index is 628. The average molecular weight is 363 g/mol. The molecule has 1 aliphatic rings. The molecule has 2 aromatic rings. The maximum Gasteiger partial charge on any atom is 0.251 e. The Hall–Kier alpha value is -1.49. The number of rotatable bonds is 5. The van der Waals surface area contributed by atoms with Crippen LogP contribution in [0.2, 0.25) is 0 Å². The van der Waals surface area contributed by atoms with E-state index in [1.165, 1.54) is 10.5 Å². The number of carbonyl (C=O) groups excluding carboxylic acids is 1. The Morgan fingerprint density at radius 1 is 1.04 bits per heavy atom. The van der Waals surface area contributed by atoms with Gasteiger partial charge in [-0.3, -0.25) is 4.79 Å². The summed E-state index contributed by atoms with van der Waals surface area (Å²) in [6.07, 6.45) is 2.02. The minimum Gasteiger partial charge on any atom is -0.349 e. The summed E-state index contributed by atoms with van der Waals surface area (Å²) in [6.45, 7) is 1.97. The smallest absolute Gasteiger partial charge is 0.251 e. The molecule has 0 spiro atoms. The molecular formula is C19H23ClN2OS. The van der Waals surface area contributed by atoms with Crippen molar-refractivity contribution in [3.8, 4) is 0 Å². The van der Waals surface area contributed by atoms with Crippen LogP contribution in [0.25, 0.3) is 0 Å². The fourth-order valence-electron chi connectivity index (χ4n) is 2.67. The predicted molar refractivity (Wildman–Crippen MR) is 103 cm³/mol. The van der Waals surface area contributed by atoms with Gasteiger partial charge in [0.1, 0.15) is 0 Å². The van der Waals surface area contributed by atoms with E-state index in [1.807, 2.05) is 42.1 Å². The van der Waals surface area contributed by atoms with Crippen LogP contribution in [-0.2, 0) is 5.75 Å². The van der Waals surface area contributed by atoms with Crippen LogP contribution in [0, 0.1) is 0 Å². The Morgan fingerprint density at radius 2 is 1.71 bits per heavy atom. The van der Waals surface area contributed by atoms with Gasteiger partial charge in [-0.25, -0.2) is 0 Å². The number of benzene rings is 2. The highest BCUT2D eigenvalue weighted by atomic mass is 35.5. The number of hydrogen-bond donors (Lipinski definition) is 2. The molecule has 3 rings (SSSR count). The van der Waals surface area contributed by atoms with Crippen molar-refractivity contribution in [2.24, 2.45) is 0 Å². The molecule has 0 aliphatic carbocycles. The summed E-state index contributed by atoms with van der Waals surface area (Å²) in [5.74, 6) is 0.958. The second kappa shape index (κ2) is 9.72. The van der Waals surface area contributed by atoms with Crippen molar-refractivity contribution in [1.82, 2.24) is 10.6 Å². The minimum atomic E-state index is 0. The van der Waals surface area contributed by atoms with Crippen LogP contribution in [0.5, 0.6) is 0 Å². The van der Waals surface area contributed by atoms with E-state index in [4.69, 9.17) is 0 Å². The zero-order valence-electron chi connectivity index (χ0n) is 13.5. The lowest BCUT2D eigenvalue weighted by atomic mass is 10.1. The summed E-state index contributed by atoms with van der Waals surface area (Å²) >= 11 is 1.81. The van der Waals surface area contributed by atoms with Crippen molar-refractivity contribution in [2.45, 2.75) is 29.5 Å². The summed E-state index contributed by atoms with van der Waals surface area (Å²) in [7, 11) is 0. The van der Waals surface area contributed by atoms with Gasteiger partial charge >= 0.3 is 0 Å². The zero-order chi connectivity index (χ0) is 15.9. The summed E-state index contributed by atoms with van der Waals surface area (Å²) < 4.78 is 0. The van der Waals surface area contributed by atoms with Crippen molar-refractivity contribution in [2.75, 3.05) is 13.1 Å². The molecule has 0 saturated carbocycles. The van der Waals surface area contributed by atoms with Crippen molar-refractivity contribution in [1.29, 1.82) is 0 Å². The molecule has 1 fully saturated rings. The third-order valence-corrected chi connectivity index (χ3v) is 5.12. The lowest BCUT2D eigenvalue weighted by molar-refractivity contribution is 0.0929. The highest BCUT2D eigenvalue weighted by Crippen LogP contribution is 2.22. The summed E-state index contributed by atoms with van der Waals surface area (Å²) in [5.41, 5.74) is 1.98. The number of halogens is 1. The zero-order valence-corrected chi connectivity index (χ0v) is 15.2. The Morgan fingerprint density at radius 3 is 2.38 bits per heavy atom. The topological polar surface area (TPSA) is 41.1 Å². The standard InChI is InChI=1S/C19H22N2OS.ClH/c22-19(21-17-10-12-20-13-11-17)16-8-6-15(7-9-16)14-23-18-4-2-1-3-5-18;/h1-9,17,20H,10-14H2,(H,21,22);1H. The lowest BCUT2D eigenvalue weighted by Crippen LogP contribution is -2.42. The lowest BCUT2D eigenvalue weighted by Gasteiger charge is -2.23. The van der Waals surface area contributed by atoms with Crippen LogP contribution in [0.1, 0.15) is 28.8 Å². The first-order valence-electron chi connectivity index (χ1n) is 8.09. The van der Waals surface area contributed by atoms with Crippen molar-refractivity contribution < 1.29 is 4.79 Å². The third-order valence-electron chi connectivity index (χ3n) is 4.04. The monoisotopic (exact) mass is 362 g/mol. The molecule has 24 heavy (non-hydrogen) atoms. The van der Waals surface area contributed by atoms with Gasteiger partial charge in [-0.1, -0.05) is 30.3 Å². The minimum absolute atomic E-state index is 0. The summed E-state index contributed by atoms with van der Waals surface area (Å²) in [5, 5.41) is 6.44. The molecule has 1 amide bonds. The van der Waals surface area contributed by atoms with Crippen LogP contribution in [0.3, 0.4) is 0 Å². The number of amides is 1. The van der Waals surface area contributed by atoms with Crippen LogP contribution in [-0.4, -0.2) is 25.0 Å². The molecule has 3 nitrogen and oxygen atoms in total. The van der Waals surface area contributed by atoms with E-state index in [1.54, 1.807) is 0 Å². The maximum absolute atomic E-state index is 12.3. The van der Waals surface area contributed by atoms with E-state index in [9.17, 15) is 4.79 Å². The van der Waals surface area contributed by atoms with E-state index in [-0.39, 0.29) is 18.3 Å². The molecule has 0 atom stereocenters. The van der Waals surface area contributed by atoms with Crippen molar-refractivity contribution in [3.63, 3.8) is 0 Å². The normalized spacial score (nSPS) is 14.7. The van der Waals surface area contributed by atoms with Gasteiger partial charge in [-0.05, 0) is 55.8 Å². The second-order valence-electron chi connectivity index (χ2n) is 5.80. The van der Waals surface area contributed by atoms with Gasteiger partial charge in [-0.2, -0.15) is 0 Å². The predicted octanol–water partition coefficient (Wildman–Crippen LogP) is 3.88. The van der Waals surface area contributed by atoms with Gasteiger partial charge in [0.15, 0.2) is 0 Å². The van der Waals surface area contributed by atoms with Crippen LogP contribution >= 0.6 is 24.2 Å². The molecule has 1 aliphatic heterocycles. The molecule has 0 bridgehead atoms. The second-order valence-corrected chi connectivity index (χ2v) is 6.85. The SMILES string of the molecule is Cl.O=C(NC1CCNCC1)c1ccc(CSc2ccccc2)cc1. The van der Waals surface area contributed by atoms with E-state index in [0.29, 0.717) is 6.04 Å². The quantitative estimate of drug-likeness (QED) is 0.793. The number of hydrogen-bond acceptors (Lipinski definition) is 3. The summed E-state index contributed by atoms with van der Waals surface area (Å²) in [4.78, 5) is 13.5. The van der Waals surface area contributed by atoms with Gasteiger partial charge < -0.3 is 10.6 Å². The van der Waals surface area contributed by atoms with E-state index in [0.717, 1.165) is 37.2 Å². The fraction of sp³-hybridized carbons (Fsp3) is 0.316. The Kier molecular flexibility index (Phi) is 7.63. The number of carbonyl (C=O) groups is 1. The fourth-order valence-corrected chi connectivity index (χ4v) is 3.55. The van der Waals surface area contributed by atoms with Gasteiger partial charge in [0.05, 0.1) is 0 Å². The van der Waals surface area contributed by atoms with Gasteiger partial charge in [-0.15, -0.1) is 24.2 Å². The number of thioether (sulfide) groups is 1. The Labute approximate surface area is 154 Å². The van der Waals surface area contributed by atoms with Crippen LogP contribution in [0.4, 0.5) is 0 Å². The molecule has 0 radical (unpaired) electrons. The van der Waals surface area contributed by atoms with Crippen LogP contribution < -0.4 is 10.6 Å². The average Bonchev–Trinajstić information content (AvgIpc) is 2.62. The van der Waals surface area contributed by atoms with Crippen molar-refractivity contribution in [3.05, 3.63) is 65.7 Å². The molecule has 0 unspecified atom stereocenters. The molecule has 2 N–H and O–H groups in total. The molecule has 2 aromatic carbocycles. The number of piperidine rings is 1. The largest absolute Gasteiger partial charge is 0.349 e. The first-order valence-corrected chi connectivity index (χ1v) is 9.08. The van der Waals surface area contributed by atoms with Crippen molar-refractivity contribution >= 4 is 30.1 Å². The molecule has 0 aromatic heterocycles. The Balaban J connectivity index is 0.00000208. The number of nitrogens with one attached hydrogen (secondary N) is 2. The summed E-state index contributed by atoms with van der Waals surface area (Å²) in [6, 6.07) is 18.6. The maximum atomic E-state index is 12.3. The molecule has 128 valence electrons. The van der Waals surface area contributed by atoms with E-state index < -0.39 is 0 Å². The molecule has 1 saturated heterocycles.